The lowest BCUT2D eigenvalue weighted by Gasteiger charge is -2.45. The number of nitrogens with zero attached hydrogens (tertiary/aromatic N) is 3. The monoisotopic (exact) mass is 444 g/mol. The van der Waals surface area contributed by atoms with Gasteiger partial charge in [-0.05, 0) is 55.9 Å². The summed E-state index contributed by atoms with van der Waals surface area (Å²) in [7, 11) is 0. The molecule has 6 nitrogen and oxygen atoms in total. The van der Waals surface area contributed by atoms with Crippen LogP contribution >= 0.6 is 0 Å². The summed E-state index contributed by atoms with van der Waals surface area (Å²) >= 11 is 0. The van der Waals surface area contributed by atoms with Gasteiger partial charge in [0.05, 0.1) is 17.6 Å². The first kappa shape index (κ1) is 21.7. The number of imidazole rings is 1. The van der Waals surface area contributed by atoms with Crippen LogP contribution in [-0.4, -0.2) is 37.8 Å². The maximum absolute atomic E-state index is 13.9. The fourth-order valence-electron chi connectivity index (χ4n) is 5.39. The summed E-state index contributed by atoms with van der Waals surface area (Å²) in [5.74, 6) is 0.572. The fraction of sp³-hybridized carbons (Fsp3) is 0.444. The van der Waals surface area contributed by atoms with Gasteiger partial charge in [0.15, 0.2) is 5.82 Å². The number of aromatic nitrogens is 2. The van der Waals surface area contributed by atoms with Crippen molar-refractivity contribution in [3.8, 4) is 0 Å². The van der Waals surface area contributed by atoms with Crippen LogP contribution in [0.3, 0.4) is 0 Å². The quantitative estimate of drug-likeness (QED) is 0.646. The van der Waals surface area contributed by atoms with Crippen LogP contribution in [0.25, 0.3) is 11.0 Å². The van der Waals surface area contributed by atoms with Crippen LogP contribution in [0.5, 0.6) is 0 Å². The summed E-state index contributed by atoms with van der Waals surface area (Å²) in [4.78, 5) is 34.1. The van der Waals surface area contributed by atoms with E-state index in [-0.39, 0.29) is 17.9 Å². The fourth-order valence-corrected chi connectivity index (χ4v) is 5.39. The summed E-state index contributed by atoms with van der Waals surface area (Å²) in [6.07, 6.45) is 4.47. The van der Waals surface area contributed by atoms with Crippen LogP contribution in [0.1, 0.15) is 61.3 Å². The molecule has 1 fully saturated rings. The molecule has 33 heavy (non-hydrogen) atoms. The first-order valence-corrected chi connectivity index (χ1v) is 12.0. The molecule has 1 aliphatic heterocycles. The van der Waals surface area contributed by atoms with Crippen molar-refractivity contribution < 1.29 is 9.59 Å². The molecule has 0 radical (unpaired) electrons. The zero-order valence-electron chi connectivity index (χ0n) is 19.7. The average molecular weight is 445 g/mol. The van der Waals surface area contributed by atoms with Crippen molar-refractivity contribution in [1.29, 1.82) is 0 Å². The molecule has 2 aliphatic rings. The van der Waals surface area contributed by atoms with Gasteiger partial charge >= 0.3 is 0 Å². The minimum Gasteiger partial charge on any atom is -0.351 e. The molecule has 172 valence electrons. The molecule has 2 aromatic carbocycles. The van der Waals surface area contributed by atoms with Gasteiger partial charge in [0.2, 0.25) is 5.91 Å². The lowest BCUT2D eigenvalue weighted by molar-refractivity contribution is -0.134. The first-order chi connectivity index (χ1) is 15.9. The van der Waals surface area contributed by atoms with Crippen molar-refractivity contribution in [2.45, 2.75) is 71.1 Å². The highest BCUT2D eigenvalue weighted by Crippen LogP contribution is 2.33. The number of amides is 2. The summed E-state index contributed by atoms with van der Waals surface area (Å²) in [6, 6.07) is 16.0. The van der Waals surface area contributed by atoms with E-state index in [0.29, 0.717) is 24.8 Å². The number of rotatable bonds is 4. The Labute approximate surface area is 195 Å². The number of fused-ring (bicyclic) bond motifs is 3. The first-order valence-electron chi connectivity index (χ1n) is 12.0. The number of hydrogen-bond acceptors (Lipinski definition) is 3. The predicted octanol–water partition coefficient (Wildman–Crippen LogP) is 4.45. The van der Waals surface area contributed by atoms with Gasteiger partial charge in [-0.2, -0.15) is 0 Å². The number of carbonyl (C=O) groups is 2. The Bertz CT molecular complexity index is 1220. The standard InChI is InChI=1S/C27H32N4O2/c1-18-10-4-6-12-20(18)16-31-25(32)24-28-22-14-8-9-15-23(22)30(24)17-27(31,3)26(33)29-21-13-7-5-11-19(21)2/h4,6,8-10,12,14-15,19,21H,5,7,11,13,16-17H2,1-3H3,(H,29,33)/t19-,21-,27+/m0/s1. The molecule has 0 spiro atoms. The number of carbonyl (C=O) groups excluding carboxylic acids is 2. The molecule has 5 rings (SSSR count). The molecule has 1 saturated carbocycles. The van der Waals surface area contributed by atoms with Gasteiger partial charge in [0.1, 0.15) is 5.54 Å². The van der Waals surface area contributed by atoms with E-state index in [1.54, 1.807) is 4.90 Å². The molecule has 0 saturated heterocycles. The second-order valence-electron chi connectivity index (χ2n) is 9.94. The molecule has 6 heteroatoms. The second kappa shape index (κ2) is 8.32. The smallest absolute Gasteiger partial charge is 0.291 e. The van der Waals surface area contributed by atoms with Crippen LogP contribution in [0.2, 0.25) is 0 Å². The SMILES string of the molecule is Cc1ccccc1CN1C(=O)c2nc3ccccc3n2C[C@]1(C)C(=O)N[C@H]1CCCC[C@@H]1C. The van der Waals surface area contributed by atoms with Crippen LogP contribution in [-0.2, 0) is 17.9 Å². The molecule has 1 N–H and O–H groups in total. The van der Waals surface area contributed by atoms with Gasteiger partial charge in [0.25, 0.3) is 5.91 Å². The molecule has 1 aliphatic carbocycles. The summed E-state index contributed by atoms with van der Waals surface area (Å²) in [5.41, 5.74) is 2.80. The maximum Gasteiger partial charge on any atom is 0.291 e. The van der Waals surface area contributed by atoms with Crippen molar-refractivity contribution in [3.05, 3.63) is 65.5 Å². The number of nitrogens with one attached hydrogen (secondary N) is 1. The molecule has 0 unspecified atom stereocenters. The van der Waals surface area contributed by atoms with E-state index < -0.39 is 5.54 Å². The second-order valence-corrected chi connectivity index (χ2v) is 9.94. The Morgan fingerprint density at radius 3 is 2.64 bits per heavy atom. The van der Waals surface area contributed by atoms with E-state index in [0.717, 1.165) is 41.4 Å². The van der Waals surface area contributed by atoms with Crippen LogP contribution in [0.4, 0.5) is 0 Å². The third-order valence-electron chi connectivity index (χ3n) is 7.66. The van der Waals surface area contributed by atoms with Gasteiger partial charge < -0.3 is 14.8 Å². The lowest BCUT2D eigenvalue weighted by Crippen LogP contribution is -2.65. The van der Waals surface area contributed by atoms with E-state index in [1.807, 2.05) is 66.9 Å². The molecule has 0 bridgehead atoms. The third-order valence-corrected chi connectivity index (χ3v) is 7.66. The van der Waals surface area contributed by atoms with Gasteiger partial charge in [-0.15, -0.1) is 0 Å². The number of benzene rings is 2. The van der Waals surface area contributed by atoms with Crippen molar-refractivity contribution >= 4 is 22.8 Å². The minimum atomic E-state index is -1.02. The predicted molar refractivity (Wildman–Crippen MR) is 129 cm³/mol. The molecular formula is C27H32N4O2. The molecule has 3 aromatic rings. The van der Waals surface area contributed by atoms with Crippen molar-refractivity contribution in [2.24, 2.45) is 5.92 Å². The number of hydrogen-bond donors (Lipinski definition) is 1. The van der Waals surface area contributed by atoms with Crippen molar-refractivity contribution in [2.75, 3.05) is 0 Å². The molecule has 3 atom stereocenters. The highest BCUT2D eigenvalue weighted by atomic mass is 16.2. The van der Waals surface area contributed by atoms with Crippen LogP contribution < -0.4 is 5.32 Å². The Hall–Kier alpha value is -3.15. The highest BCUT2D eigenvalue weighted by Gasteiger charge is 2.49. The Kier molecular flexibility index (Phi) is 5.47. The summed E-state index contributed by atoms with van der Waals surface area (Å²) < 4.78 is 1.93. The normalized spacial score (nSPS) is 25.2. The number of para-hydroxylation sites is 2. The van der Waals surface area contributed by atoms with Crippen molar-refractivity contribution in [3.63, 3.8) is 0 Å². The van der Waals surface area contributed by atoms with Gasteiger partial charge in [-0.3, -0.25) is 9.59 Å². The van der Waals surface area contributed by atoms with E-state index in [1.165, 1.54) is 6.42 Å². The van der Waals surface area contributed by atoms with E-state index >= 15 is 0 Å². The number of aryl methyl sites for hydroxylation is 1. The Morgan fingerprint density at radius 2 is 1.85 bits per heavy atom. The van der Waals surface area contributed by atoms with Crippen molar-refractivity contribution in [1.82, 2.24) is 19.8 Å². The van der Waals surface area contributed by atoms with Crippen LogP contribution in [0, 0.1) is 12.8 Å². The van der Waals surface area contributed by atoms with Gasteiger partial charge in [-0.25, -0.2) is 4.98 Å². The Morgan fingerprint density at radius 1 is 1.12 bits per heavy atom. The zero-order chi connectivity index (χ0) is 23.2. The third kappa shape index (κ3) is 3.71. The Balaban J connectivity index is 1.56. The lowest BCUT2D eigenvalue weighted by atomic mass is 9.85. The highest BCUT2D eigenvalue weighted by molar-refractivity contribution is 6.01. The molecule has 2 amide bonds. The van der Waals surface area contributed by atoms with E-state index in [9.17, 15) is 9.59 Å². The average Bonchev–Trinajstić information content (AvgIpc) is 3.18. The molecular weight excluding hydrogens is 412 g/mol. The summed E-state index contributed by atoms with van der Waals surface area (Å²) in [5, 5.41) is 3.33. The topological polar surface area (TPSA) is 67.2 Å². The minimum absolute atomic E-state index is 0.0772. The maximum atomic E-state index is 13.9. The van der Waals surface area contributed by atoms with Gasteiger partial charge in [-0.1, -0.05) is 56.2 Å². The molecule has 2 heterocycles. The van der Waals surface area contributed by atoms with E-state index in [2.05, 4.69) is 17.2 Å². The van der Waals surface area contributed by atoms with Gasteiger partial charge in [0, 0.05) is 12.6 Å². The molecule has 1 aromatic heterocycles. The largest absolute Gasteiger partial charge is 0.351 e. The summed E-state index contributed by atoms with van der Waals surface area (Å²) in [6.45, 7) is 6.92. The van der Waals surface area contributed by atoms with E-state index in [4.69, 9.17) is 0 Å². The zero-order valence-corrected chi connectivity index (χ0v) is 19.7. The van der Waals surface area contributed by atoms with Crippen LogP contribution in [0.15, 0.2) is 48.5 Å².